The molecule has 3 aromatic rings. The van der Waals surface area contributed by atoms with E-state index in [9.17, 15) is 10.2 Å². The van der Waals surface area contributed by atoms with Gasteiger partial charge in [-0.1, -0.05) is 25.0 Å². The number of aliphatic hydroxyl groups excluding tert-OH is 2. The Balaban J connectivity index is 0.000000159. The monoisotopic (exact) mass is 573 g/mol. The zero-order valence-corrected chi connectivity index (χ0v) is 19.0. The molecule has 2 saturated carbocycles. The van der Waals surface area contributed by atoms with Crippen molar-refractivity contribution in [2.75, 3.05) is 0 Å². The summed E-state index contributed by atoms with van der Waals surface area (Å²) in [5.41, 5.74) is 2.13. The van der Waals surface area contributed by atoms with E-state index in [0.29, 0.717) is 5.92 Å². The fourth-order valence-corrected chi connectivity index (χ4v) is 5.41. The van der Waals surface area contributed by atoms with Crippen molar-refractivity contribution in [3.8, 4) is 10.6 Å². The molecular formula is C23H26IrNO2S-. The van der Waals surface area contributed by atoms with E-state index in [1.165, 1.54) is 17.5 Å². The molecule has 4 atom stereocenters. The summed E-state index contributed by atoms with van der Waals surface area (Å²) in [6, 6.07) is 19.3. The van der Waals surface area contributed by atoms with Crippen LogP contribution in [0.1, 0.15) is 38.5 Å². The molecule has 28 heavy (non-hydrogen) atoms. The van der Waals surface area contributed by atoms with Crippen LogP contribution in [-0.4, -0.2) is 27.4 Å². The minimum Gasteiger partial charge on any atom is -0.393 e. The Hall–Kier alpha value is -1.10. The quantitative estimate of drug-likeness (QED) is 0.401. The molecule has 1 aromatic heterocycles. The Morgan fingerprint density at radius 3 is 2.43 bits per heavy atom. The van der Waals surface area contributed by atoms with E-state index >= 15 is 0 Å². The van der Waals surface area contributed by atoms with Gasteiger partial charge in [0.05, 0.1) is 17.7 Å². The van der Waals surface area contributed by atoms with Crippen LogP contribution in [0, 0.1) is 17.9 Å². The van der Waals surface area contributed by atoms with Gasteiger partial charge < -0.3 is 10.2 Å². The topological polar surface area (TPSA) is 53.4 Å². The first-order valence-electron chi connectivity index (χ1n) is 9.91. The van der Waals surface area contributed by atoms with Crippen LogP contribution < -0.4 is 0 Å². The predicted molar refractivity (Wildman–Crippen MR) is 111 cm³/mol. The molecule has 2 aliphatic carbocycles. The second-order valence-electron chi connectivity index (χ2n) is 7.60. The van der Waals surface area contributed by atoms with E-state index in [0.717, 1.165) is 41.8 Å². The first-order valence-corrected chi connectivity index (χ1v) is 10.7. The summed E-state index contributed by atoms with van der Waals surface area (Å²) < 4.78 is 1.23. The summed E-state index contributed by atoms with van der Waals surface area (Å²) in [6.45, 7) is 0. The van der Waals surface area contributed by atoms with Gasteiger partial charge in [-0.2, -0.15) is 11.3 Å². The summed E-state index contributed by atoms with van der Waals surface area (Å²) in [6.07, 6.45) is 6.09. The van der Waals surface area contributed by atoms with Crippen molar-refractivity contribution in [1.29, 1.82) is 0 Å². The molecule has 151 valence electrons. The number of benzene rings is 2. The molecule has 5 rings (SSSR count). The van der Waals surface area contributed by atoms with Gasteiger partial charge in [0.1, 0.15) is 0 Å². The summed E-state index contributed by atoms with van der Waals surface area (Å²) in [4.78, 5) is 4.57. The van der Waals surface area contributed by atoms with Crippen molar-refractivity contribution in [3.63, 3.8) is 0 Å². The summed E-state index contributed by atoms with van der Waals surface area (Å²) >= 11 is 1.71. The molecule has 0 aliphatic heterocycles. The van der Waals surface area contributed by atoms with Crippen LogP contribution in [0.3, 0.4) is 0 Å². The molecule has 4 unspecified atom stereocenters. The third-order valence-electron chi connectivity index (χ3n) is 5.82. The van der Waals surface area contributed by atoms with Gasteiger partial charge in [-0.15, -0.1) is 35.9 Å². The number of thiazole rings is 1. The number of para-hydroxylation sites is 1. The average Bonchev–Trinajstić information content (AvgIpc) is 3.24. The summed E-state index contributed by atoms with van der Waals surface area (Å²) in [5.74, 6) is 0.810. The van der Waals surface area contributed by atoms with Gasteiger partial charge in [-0.3, -0.25) is 4.98 Å². The zero-order valence-electron chi connectivity index (χ0n) is 15.8. The Kier molecular flexibility index (Phi) is 7.78. The number of hydrogen-bond donors (Lipinski definition) is 2. The third-order valence-corrected chi connectivity index (χ3v) is 6.89. The molecule has 2 N–H and O–H groups in total. The number of hydrogen-bond acceptors (Lipinski definition) is 4. The SMILES string of the molecule is OC1CCCCC2CCC(O)C12.[Ir].[c-]1ccccc1-c1nc2ccccc2s1. The van der Waals surface area contributed by atoms with Crippen molar-refractivity contribution >= 4 is 21.6 Å². The predicted octanol–water partition coefficient (Wildman–Crippen LogP) is 5.07. The van der Waals surface area contributed by atoms with Gasteiger partial charge >= 0.3 is 0 Å². The molecule has 3 nitrogen and oxygen atoms in total. The molecular weight excluding hydrogens is 547 g/mol. The van der Waals surface area contributed by atoms with Crippen LogP contribution in [0.15, 0.2) is 48.5 Å². The van der Waals surface area contributed by atoms with Gasteiger partial charge in [0, 0.05) is 35.7 Å². The normalized spacial score (nSPS) is 26.5. The van der Waals surface area contributed by atoms with Crippen LogP contribution in [-0.2, 0) is 20.1 Å². The van der Waals surface area contributed by atoms with E-state index in [4.69, 9.17) is 0 Å². The first-order chi connectivity index (χ1) is 13.2. The van der Waals surface area contributed by atoms with E-state index in [-0.39, 0.29) is 38.2 Å². The van der Waals surface area contributed by atoms with E-state index in [2.05, 4.69) is 17.1 Å². The van der Waals surface area contributed by atoms with Crippen molar-refractivity contribution in [1.82, 2.24) is 4.98 Å². The number of fused-ring (bicyclic) bond motifs is 2. The van der Waals surface area contributed by atoms with Gasteiger partial charge in [-0.05, 0) is 43.7 Å². The number of rotatable bonds is 1. The Morgan fingerprint density at radius 1 is 0.893 bits per heavy atom. The minimum atomic E-state index is -0.227. The van der Waals surface area contributed by atoms with Crippen LogP contribution in [0.4, 0.5) is 0 Å². The molecule has 2 aromatic carbocycles. The maximum atomic E-state index is 9.77. The fourth-order valence-electron chi connectivity index (χ4n) is 4.46. The van der Waals surface area contributed by atoms with Crippen molar-refractivity contribution < 1.29 is 30.3 Å². The van der Waals surface area contributed by atoms with Gasteiger partial charge in [0.15, 0.2) is 0 Å². The summed E-state index contributed by atoms with van der Waals surface area (Å²) in [7, 11) is 0. The van der Waals surface area contributed by atoms with E-state index < -0.39 is 0 Å². The van der Waals surface area contributed by atoms with Gasteiger partial charge in [0.25, 0.3) is 0 Å². The van der Waals surface area contributed by atoms with Crippen molar-refractivity contribution in [2.45, 2.75) is 50.7 Å². The van der Waals surface area contributed by atoms with Crippen molar-refractivity contribution in [2.24, 2.45) is 11.8 Å². The maximum absolute atomic E-state index is 9.77. The fraction of sp³-hybridized carbons (Fsp3) is 0.435. The second-order valence-corrected chi connectivity index (χ2v) is 8.63. The number of aromatic nitrogens is 1. The molecule has 0 bridgehead atoms. The average molecular weight is 573 g/mol. The Labute approximate surface area is 184 Å². The smallest absolute Gasteiger partial charge is 0.0697 e. The Bertz CT molecular complexity index is 836. The largest absolute Gasteiger partial charge is 0.393 e. The van der Waals surface area contributed by atoms with Crippen LogP contribution >= 0.6 is 11.3 Å². The molecule has 0 spiro atoms. The van der Waals surface area contributed by atoms with Crippen LogP contribution in [0.5, 0.6) is 0 Å². The maximum Gasteiger partial charge on any atom is 0.0697 e. The first kappa shape index (κ1) is 21.6. The number of nitrogens with zero attached hydrogens (tertiary/aromatic N) is 1. The molecule has 1 heterocycles. The molecule has 2 aliphatic rings. The van der Waals surface area contributed by atoms with E-state index in [1.54, 1.807) is 11.3 Å². The third kappa shape index (κ3) is 4.90. The molecule has 5 heteroatoms. The molecule has 0 saturated heterocycles. The summed E-state index contributed by atoms with van der Waals surface area (Å²) in [5, 5.41) is 20.5. The standard InChI is InChI=1S/C13H8NS.C10H18O2.Ir/c1-2-6-10(7-3-1)13-14-11-8-4-5-9-12(11)15-13;11-8-4-2-1-3-7-5-6-9(12)10(7)8;/h1-6,8-9H;7-12H,1-6H2;/q-1;;. The van der Waals surface area contributed by atoms with Crippen LogP contribution in [0.25, 0.3) is 20.8 Å². The minimum absolute atomic E-state index is 0. The molecule has 0 amide bonds. The van der Waals surface area contributed by atoms with E-state index in [1.807, 2.05) is 42.5 Å². The second kappa shape index (κ2) is 10.1. The molecule has 1 radical (unpaired) electrons. The Morgan fingerprint density at radius 2 is 1.64 bits per heavy atom. The van der Waals surface area contributed by atoms with Crippen LogP contribution in [0.2, 0.25) is 0 Å². The van der Waals surface area contributed by atoms with Crippen molar-refractivity contribution in [3.05, 3.63) is 54.6 Å². The molecule has 2 fully saturated rings. The number of aliphatic hydroxyl groups is 2. The van der Waals surface area contributed by atoms with Gasteiger partial charge in [0.2, 0.25) is 0 Å². The zero-order chi connectivity index (χ0) is 18.6. The van der Waals surface area contributed by atoms with Gasteiger partial charge in [-0.25, -0.2) is 0 Å².